The number of hydrogen-bond acceptors (Lipinski definition) is 4. The van der Waals surface area contributed by atoms with Gasteiger partial charge >= 0.3 is 0 Å². The molecule has 26 heavy (non-hydrogen) atoms. The van der Waals surface area contributed by atoms with Crippen molar-refractivity contribution in [3.05, 3.63) is 21.9 Å². The third-order valence-corrected chi connectivity index (χ3v) is 5.86. The Balaban J connectivity index is 2.16. The summed E-state index contributed by atoms with van der Waals surface area (Å²) in [5.41, 5.74) is 0.941. The van der Waals surface area contributed by atoms with Gasteiger partial charge in [0.2, 0.25) is 11.8 Å². The maximum absolute atomic E-state index is 12.9. The largest absolute Gasteiger partial charge is 0.347 e. The fourth-order valence-corrected chi connectivity index (χ4v) is 4.18. The van der Waals surface area contributed by atoms with Crippen molar-refractivity contribution in [3.8, 4) is 0 Å². The van der Waals surface area contributed by atoms with Crippen LogP contribution in [0.2, 0.25) is 0 Å². The molecule has 1 saturated heterocycles. The topological polar surface area (TPSA) is 69.7 Å². The van der Waals surface area contributed by atoms with Crippen molar-refractivity contribution in [2.24, 2.45) is 5.92 Å². The molecule has 1 aromatic rings. The maximum Gasteiger partial charge on any atom is 0.261 e. The highest BCUT2D eigenvalue weighted by Gasteiger charge is 2.42. The molecule has 6 nitrogen and oxygen atoms in total. The summed E-state index contributed by atoms with van der Waals surface area (Å²) in [5, 5.41) is 4.90. The van der Waals surface area contributed by atoms with E-state index in [0.717, 1.165) is 5.56 Å². The van der Waals surface area contributed by atoms with Gasteiger partial charge in [0.05, 0.1) is 4.88 Å². The third-order valence-electron chi connectivity index (χ3n) is 4.84. The number of hydrogen-bond donors (Lipinski definition) is 1. The first-order chi connectivity index (χ1) is 12.3. The lowest BCUT2D eigenvalue weighted by atomic mass is 10.1. The molecule has 144 valence electrons. The van der Waals surface area contributed by atoms with E-state index in [4.69, 9.17) is 0 Å². The van der Waals surface area contributed by atoms with E-state index in [1.54, 1.807) is 9.80 Å². The normalized spacial score (nSPS) is 19.7. The van der Waals surface area contributed by atoms with Crippen molar-refractivity contribution in [2.45, 2.75) is 53.1 Å². The van der Waals surface area contributed by atoms with Crippen LogP contribution in [0.4, 0.5) is 0 Å². The Labute approximate surface area is 159 Å². The summed E-state index contributed by atoms with van der Waals surface area (Å²) in [7, 11) is 0. The Bertz CT molecular complexity index is 667. The standard InChI is InChI=1S/C19H29N3O3S/c1-6-21(7-2)19(25)15-10-14(11-22(15)18(24)12(3)4)20-17(23)16-13(5)8-9-26-16/h8-9,12,14-15H,6-7,10-11H2,1-5H3,(H,20,23)/t14-,15+/m1/s1. The fraction of sp³-hybridized carbons (Fsp3) is 0.632. The van der Waals surface area contributed by atoms with Crippen LogP contribution in [0.15, 0.2) is 11.4 Å². The Morgan fingerprint density at radius 2 is 1.96 bits per heavy atom. The average Bonchev–Trinajstić information content (AvgIpc) is 3.21. The molecule has 2 heterocycles. The molecule has 1 aliphatic heterocycles. The molecular formula is C19H29N3O3S. The predicted octanol–water partition coefficient (Wildman–Crippen LogP) is 2.28. The van der Waals surface area contributed by atoms with Crippen LogP contribution in [0.1, 0.15) is 49.4 Å². The van der Waals surface area contributed by atoms with Gasteiger partial charge in [-0.25, -0.2) is 0 Å². The number of nitrogens with zero attached hydrogens (tertiary/aromatic N) is 2. The molecule has 0 unspecified atom stereocenters. The van der Waals surface area contributed by atoms with Gasteiger partial charge in [0.25, 0.3) is 5.91 Å². The predicted molar refractivity (Wildman–Crippen MR) is 103 cm³/mol. The molecule has 7 heteroatoms. The number of nitrogens with one attached hydrogen (secondary N) is 1. The molecule has 1 aliphatic rings. The maximum atomic E-state index is 12.9. The third kappa shape index (κ3) is 4.26. The van der Waals surface area contributed by atoms with Gasteiger partial charge < -0.3 is 15.1 Å². The zero-order chi connectivity index (χ0) is 19.4. The Hall–Kier alpha value is -1.89. The van der Waals surface area contributed by atoms with Gasteiger partial charge in [-0.05, 0) is 44.2 Å². The molecule has 1 fully saturated rings. The Morgan fingerprint density at radius 1 is 1.31 bits per heavy atom. The second kappa shape index (κ2) is 8.66. The molecule has 0 bridgehead atoms. The van der Waals surface area contributed by atoms with Gasteiger partial charge in [-0.1, -0.05) is 13.8 Å². The highest BCUT2D eigenvalue weighted by atomic mass is 32.1. The quantitative estimate of drug-likeness (QED) is 0.824. The summed E-state index contributed by atoms with van der Waals surface area (Å²) in [4.78, 5) is 42.1. The molecule has 2 atom stereocenters. The van der Waals surface area contributed by atoms with Crippen molar-refractivity contribution in [2.75, 3.05) is 19.6 Å². The van der Waals surface area contributed by atoms with E-state index in [0.29, 0.717) is 30.9 Å². The minimum atomic E-state index is -0.500. The van der Waals surface area contributed by atoms with Crippen molar-refractivity contribution < 1.29 is 14.4 Å². The first-order valence-corrected chi connectivity index (χ1v) is 10.1. The lowest BCUT2D eigenvalue weighted by Gasteiger charge is -2.29. The minimum Gasteiger partial charge on any atom is -0.347 e. The van der Waals surface area contributed by atoms with Crippen LogP contribution in [0.5, 0.6) is 0 Å². The van der Waals surface area contributed by atoms with Crippen LogP contribution in [-0.4, -0.2) is 59.2 Å². The molecule has 1 aromatic heterocycles. The van der Waals surface area contributed by atoms with E-state index < -0.39 is 6.04 Å². The summed E-state index contributed by atoms with van der Waals surface area (Å²) < 4.78 is 0. The molecule has 0 radical (unpaired) electrons. The van der Waals surface area contributed by atoms with Crippen molar-refractivity contribution >= 4 is 29.1 Å². The Morgan fingerprint density at radius 3 is 2.46 bits per heavy atom. The molecule has 3 amide bonds. The number of carbonyl (C=O) groups is 3. The monoisotopic (exact) mass is 379 g/mol. The number of amides is 3. The SMILES string of the molecule is CCN(CC)C(=O)[C@@H]1C[C@@H](NC(=O)c2sccc2C)CN1C(=O)C(C)C. The lowest BCUT2D eigenvalue weighted by molar-refractivity contribution is -0.145. The molecule has 0 aromatic carbocycles. The lowest BCUT2D eigenvalue weighted by Crippen LogP contribution is -2.48. The van der Waals surface area contributed by atoms with Crippen LogP contribution in [0, 0.1) is 12.8 Å². The summed E-state index contributed by atoms with van der Waals surface area (Å²) in [6.07, 6.45) is 0.462. The first-order valence-electron chi connectivity index (χ1n) is 9.24. The van der Waals surface area contributed by atoms with Crippen LogP contribution < -0.4 is 5.32 Å². The summed E-state index contributed by atoms with van der Waals surface area (Å²) in [6.45, 7) is 11.0. The molecule has 0 spiro atoms. The van der Waals surface area contributed by atoms with E-state index in [1.165, 1.54) is 11.3 Å². The molecule has 1 N–H and O–H groups in total. The van der Waals surface area contributed by atoms with E-state index in [9.17, 15) is 14.4 Å². The highest BCUT2D eigenvalue weighted by molar-refractivity contribution is 7.12. The fourth-order valence-electron chi connectivity index (χ4n) is 3.35. The second-order valence-corrected chi connectivity index (χ2v) is 7.93. The number of thiophene rings is 1. The van der Waals surface area contributed by atoms with Gasteiger partial charge in [-0.3, -0.25) is 14.4 Å². The van der Waals surface area contributed by atoms with E-state index in [1.807, 2.05) is 46.1 Å². The van der Waals surface area contributed by atoms with Gasteiger partial charge in [-0.2, -0.15) is 0 Å². The summed E-state index contributed by atoms with van der Waals surface area (Å²) in [5.74, 6) is -0.390. The van der Waals surface area contributed by atoms with Crippen LogP contribution in [0.25, 0.3) is 0 Å². The smallest absolute Gasteiger partial charge is 0.261 e. The number of rotatable bonds is 6. The Kier molecular flexibility index (Phi) is 6.81. The van der Waals surface area contributed by atoms with Crippen molar-refractivity contribution in [1.82, 2.24) is 15.1 Å². The molecule has 0 aliphatic carbocycles. The highest BCUT2D eigenvalue weighted by Crippen LogP contribution is 2.24. The van der Waals surface area contributed by atoms with Crippen LogP contribution >= 0.6 is 11.3 Å². The molecule has 0 saturated carbocycles. The van der Waals surface area contributed by atoms with Crippen molar-refractivity contribution in [3.63, 3.8) is 0 Å². The average molecular weight is 380 g/mol. The van der Waals surface area contributed by atoms with E-state index in [-0.39, 0.29) is 29.7 Å². The summed E-state index contributed by atoms with van der Waals surface area (Å²) >= 11 is 1.40. The number of carbonyl (C=O) groups excluding carboxylic acids is 3. The van der Waals surface area contributed by atoms with Crippen molar-refractivity contribution in [1.29, 1.82) is 0 Å². The zero-order valence-electron chi connectivity index (χ0n) is 16.2. The van der Waals surface area contributed by atoms with Gasteiger partial charge in [0.1, 0.15) is 6.04 Å². The molecule has 2 rings (SSSR count). The van der Waals surface area contributed by atoms with Gasteiger partial charge in [0, 0.05) is 31.6 Å². The number of aryl methyl sites for hydroxylation is 1. The zero-order valence-corrected chi connectivity index (χ0v) is 17.1. The second-order valence-electron chi connectivity index (χ2n) is 7.01. The number of likely N-dealkylation sites (N-methyl/N-ethyl adjacent to an activating group) is 1. The number of likely N-dealkylation sites (tertiary alicyclic amines) is 1. The van der Waals surface area contributed by atoms with Gasteiger partial charge in [-0.15, -0.1) is 11.3 Å². The first kappa shape index (κ1) is 20.4. The van der Waals surface area contributed by atoms with E-state index in [2.05, 4.69) is 5.32 Å². The summed E-state index contributed by atoms with van der Waals surface area (Å²) in [6, 6.07) is 1.20. The molecular weight excluding hydrogens is 350 g/mol. The van der Waals surface area contributed by atoms with Gasteiger partial charge in [0.15, 0.2) is 0 Å². The van der Waals surface area contributed by atoms with E-state index >= 15 is 0 Å². The minimum absolute atomic E-state index is 0.0342. The van der Waals surface area contributed by atoms with Crippen LogP contribution in [0.3, 0.4) is 0 Å². The van der Waals surface area contributed by atoms with Crippen LogP contribution in [-0.2, 0) is 9.59 Å².